The quantitative estimate of drug-likeness (QED) is 0.872. The summed E-state index contributed by atoms with van der Waals surface area (Å²) in [5.74, 6) is -0.134. The van der Waals surface area contributed by atoms with E-state index < -0.39 is 0 Å². The second-order valence-corrected chi connectivity index (χ2v) is 5.79. The minimum absolute atomic E-state index is 0.0810. The number of aromatic nitrogens is 3. The van der Waals surface area contributed by atoms with Crippen molar-refractivity contribution >= 4 is 28.8 Å². The van der Waals surface area contributed by atoms with Crippen LogP contribution in [0.5, 0.6) is 0 Å². The Morgan fingerprint density at radius 2 is 2.42 bits per heavy atom. The van der Waals surface area contributed by atoms with Gasteiger partial charge in [-0.1, -0.05) is 16.8 Å². The van der Waals surface area contributed by atoms with Crippen molar-refractivity contribution in [2.24, 2.45) is 5.73 Å². The molecule has 2 heterocycles. The van der Waals surface area contributed by atoms with Crippen LogP contribution in [0.4, 0.5) is 0 Å². The van der Waals surface area contributed by atoms with Crippen molar-refractivity contribution in [1.29, 1.82) is 0 Å². The smallest absolute Gasteiger partial charge is 0.242 e. The van der Waals surface area contributed by atoms with Crippen molar-refractivity contribution in [3.05, 3.63) is 33.2 Å². The SMILES string of the molecule is CC(NC(=O)Cn1cc(CN)nn1)c1ccc(Cl)s1. The fourth-order valence-corrected chi connectivity index (χ4v) is 2.64. The lowest BCUT2D eigenvalue weighted by atomic mass is 10.3. The first kappa shape index (κ1) is 14.0. The topological polar surface area (TPSA) is 85.8 Å². The van der Waals surface area contributed by atoms with E-state index in [-0.39, 0.29) is 18.5 Å². The third-order valence-electron chi connectivity index (χ3n) is 2.50. The standard InChI is InChI=1S/C11H14ClN5OS/c1-7(9-2-3-10(12)19-9)14-11(18)6-17-5-8(4-13)15-16-17/h2-3,5,7H,4,6,13H2,1H3,(H,14,18). The number of carbonyl (C=O) groups excluding carboxylic acids is 1. The van der Waals surface area contributed by atoms with Crippen molar-refractivity contribution in [2.75, 3.05) is 0 Å². The van der Waals surface area contributed by atoms with E-state index in [9.17, 15) is 4.79 Å². The number of rotatable bonds is 5. The fraction of sp³-hybridized carbons (Fsp3) is 0.364. The van der Waals surface area contributed by atoms with Gasteiger partial charge in [0.05, 0.1) is 22.3 Å². The van der Waals surface area contributed by atoms with E-state index in [4.69, 9.17) is 17.3 Å². The van der Waals surface area contributed by atoms with Gasteiger partial charge in [0.15, 0.2) is 0 Å². The summed E-state index contributed by atoms with van der Waals surface area (Å²) in [6.45, 7) is 2.34. The summed E-state index contributed by atoms with van der Waals surface area (Å²) in [5.41, 5.74) is 6.08. The normalized spacial score (nSPS) is 12.4. The molecule has 3 N–H and O–H groups in total. The zero-order valence-corrected chi connectivity index (χ0v) is 11.9. The molecule has 0 radical (unpaired) electrons. The van der Waals surface area contributed by atoms with E-state index in [1.54, 1.807) is 6.20 Å². The highest BCUT2D eigenvalue weighted by Crippen LogP contribution is 2.26. The molecular formula is C11H14ClN5OS. The molecule has 102 valence electrons. The zero-order chi connectivity index (χ0) is 13.8. The lowest BCUT2D eigenvalue weighted by Gasteiger charge is -2.11. The van der Waals surface area contributed by atoms with Gasteiger partial charge in [-0.05, 0) is 19.1 Å². The first-order valence-electron chi connectivity index (χ1n) is 5.72. The summed E-state index contributed by atoms with van der Waals surface area (Å²) in [6.07, 6.45) is 1.66. The van der Waals surface area contributed by atoms with Crippen molar-refractivity contribution in [3.8, 4) is 0 Å². The van der Waals surface area contributed by atoms with Crippen LogP contribution in [0.25, 0.3) is 0 Å². The molecule has 1 amide bonds. The molecule has 0 saturated carbocycles. The predicted octanol–water partition coefficient (Wildman–Crippen LogP) is 1.33. The largest absolute Gasteiger partial charge is 0.347 e. The fourth-order valence-electron chi connectivity index (χ4n) is 1.58. The predicted molar refractivity (Wildman–Crippen MR) is 73.8 cm³/mol. The first-order valence-corrected chi connectivity index (χ1v) is 6.91. The number of amides is 1. The van der Waals surface area contributed by atoms with Gasteiger partial charge in [-0.2, -0.15) is 0 Å². The van der Waals surface area contributed by atoms with Crippen LogP contribution >= 0.6 is 22.9 Å². The molecule has 6 nitrogen and oxygen atoms in total. The maximum absolute atomic E-state index is 11.8. The van der Waals surface area contributed by atoms with Gasteiger partial charge in [0.2, 0.25) is 5.91 Å². The average Bonchev–Trinajstić information content (AvgIpc) is 2.97. The molecule has 0 fully saturated rings. The molecule has 19 heavy (non-hydrogen) atoms. The minimum atomic E-state index is -0.134. The van der Waals surface area contributed by atoms with Crippen LogP contribution in [-0.2, 0) is 17.9 Å². The second-order valence-electron chi connectivity index (χ2n) is 4.04. The molecule has 1 unspecified atom stereocenters. The maximum Gasteiger partial charge on any atom is 0.242 e. The highest BCUT2D eigenvalue weighted by Gasteiger charge is 2.12. The molecular weight excluding hydrogens is 286 g/mol. The number of carbonyl (C=O) groups is 1. The second kappa shape index (κ2) is 6.14. The van der Waals surface area contributed by atoms with Gasteiger partial charge in [0.1, 0.15) is 6.54 Å². The van der Waals surface area contributed by atoms with Crippen LogP contribution in [0, 0.1) is 0 Å². The van der Waals surface area contributed by atoms with Crippen LogP contribution in [0.1, 0.15) is 23.5 Å². The molecule has 0 aromatic carbocycles. The Hall–Kier alpha value is -1.44. The molecule has 0 aliphatic carbocycles. The highest BCUT2D eigenvalue weighted by atomic mass is 35.5. The third-order valence-corrected chi connectivity index (χ3v) is 3.91. The molecule has 0 saturated heterocycles. The van der Waals surface area contributed by atoms with E-state index in [2.05, 4.69) is 15.6 Å². The van der Waals surface area contributed by atoms with Gasteiger partial charge in [-0.15, -0.1) is 16.4 Å². The number of hydrogen-bond donors (Lipinski definition) is 2. The van der Waals surface area contributed by atoms with Crippen molar-refractivity contribution < 1.29 is 4.79 Å². The number of hydrogen-bond acceptors (Lipinski definition) is 5. The lowest BCUT2D eigenvalue weighted by molar-refractivity contribution is -0.122. The molecule has 1 atom stereocenters. The Morgan fingerprint density at radius 1 is 1.63 bits per heavy atom. The van der Waals surface area contributed by atoms with Gasteiger partial charge >= 0.3 is 0 Å². The summed E-state index contributed by atoms with van der Waals surface area (Å²) in [7, 11) is 0. The Kier molecular flexibility index (Phi) is 4.52. The third kappa shape index (κ3) is 3.76. The summed E-state index contributed by atoms with van der Waals surface area (Å²) in [6, 6.07) is 3.64. The van der Waals surface area contributed by atoms with Crippen LogP contribution in [0.2, 0.25) is 4.34 Å². The molecule has 0 bridgehead atoms. The Bertz CT molecular complexity index is 567. The monoisotopic (exact) mass is 299 g/mol. The van der Waals surface area contributed by atoms with Crippen LogP contribution in [0.3, 0.4) is 0 Å². The Morgan fingerprint density at radius 3 is 3.00 bits per heavy atom. The number of nitrogens with two attached hydrogens (primary N) is 1. The minimum Gasteiger partial charge on any atom is -0.347 e. The van der Waals surface area contributed by atoms with Gasteiger partial charge in [-0.25, -0.2) is 4.68 Å². The number of nitrogens with one attached hydrogen (secondary N) is 1. The van der Waals surface area contributed by atoms with Gasteiger partial charge in [0, 0.05) is 11.4 Å². The van der Waals surface area contributed by atoms with Gasteiger partial charge in [0.25, 0.3) is 0 Å². The molecule has 0 spiro atoms. The molecule has 0 aliphatic heterocycles. The zero-order valence-electron chi connectivity index (χ0n) is 10.3. The van der Waals surface area contributed by atoms with Crippen LogP contribution < -0.4 is 11.1 Å². The van der Waals surface area contributed by atoms with Crippen molar-refractivity contribution in [1.82, 2.24) is 20.3 Å². The van der Waals surface area contributed by atoms with E-state index in [1.807, 2.05) is 19.1 Å². The number of nitrogens with zero attached hydrogens (tertiary/aromatic N) is 3. The Balaban J connectivity index is 1.90. The molecule has 0 aliphatic rings. The van der Waals surface area contributed by atoms with Gasteiger partial charge in [-0.3, -0.25) is 4.79 Å². The highest BCUT2D eigenvalue weighted by molar-refractivity contribution is 7.16. The summed E-state index contributed by atoms with van der Waals surface area (Å²) in [4.78, 5) is 12.9. The first-order chi connectivity index (χ1) is 9.08. The lowest BCUT2D eigenvalue weighted by Crippen LogP contribution is -2.29. The summed E-state index contributed by atoms with van der Waals surface area (Å²) < 4.78 is 2.17. The molecule has 2 rings (SSSR count). The molecule has 2 aromatic heterocycles. The summed E-state index contributed by atoms with van der Waals surface area (Å²) in [5, 5.41) is 10.5. The average molecular weight is 300 g/mol. The van der Waals surface area contributed by atoms with E-state index in [0.717, 1.165) is 4.88 Å². The van der Waals surface area contributed by atoms with E-state index >= 15 is 0 Å². The maximum atomic E-state index is 11.8. The number of thiophene rings is 1. The Labute approximate surface area is 119 Å². The molecule has 2 aromatic rings. The van der Waals surface area contributed by atoms with Crippen molar-refractivity contribution in [2.45, 2.75) is 26.1 Å². The van der Waals surface area contributed by atoms with Crippen LogP contribution in [0.15, 0.2) is 18.3 Å². The van der Waals surface area contributed by atoms with Gasteiger partial charge < -0.3 is 11.1 Å². The summed E-state index contributed by atoms with van der Waals surface area (Å²) >= 11 is 7.31. The van der Waals surface area contributed by atoms with Crippen LogP contribution in [-0.4, -0.2) is 20.9 Å². The number of halogens is 1. The molecule has 8 heteroatoms. The van der Waals surface area contributed by atoms with E-state index in [1.165, 1.54) is 16.0 Å². The van der Waals surface area contributed by atoms with Crippen molar-refractivity contribution in [3.63, 3.8) is 0 Å². The van der Waals surface area contributed by atoms with E-state index in [0.29, 0.717) is 16.6 Å².